The fraction of sp³-hybridized carbons (Fsp3) is 0. The minimum Gasteiger partial charge on any atom is -0.508 e. The van der Waals surface area contributed by atoms with Crippen LogP contribution in [0.25, 0.3) is 16.9 Å². The smallest absolute Gasteiger partial charge is 0.193 e. The second-order valence-electron chi connectivity index (χ2n) is 6.30. The lowest BCUT2D eigenvalue weighted by atomic mass is 10.0. The molecule has 0 amide bonds. The molecule has 4 N–H and O–H groups in total. The van der Waals surface area contributed by atoms with E-state index in [0.717, 1.165) is 0 Å². The number of nitrogens with zero attached hydrogens (tertiary/aromatic N) is 2. The number of carbonyl (C=O) groups is 1. The Morgan fingerprint density at radius 2 is 1.68 bits per heavy atom. The molecule has 0 spiro atoms. The molecule has 0 fully saturated rings. The summed E-state index contributed by atoms with van der Waals surface area (Å²) in [7, 11) is 0. The monoisotopic (exact) mass is 371 g/mol. The molecule has 0 radical (unpaired) electrons. The van der Waals surface area contributed by atoms with Crippen LogP contribution in [-0.4, -0.2) is 25.8 Å². The van der Waals surface area contributed by atoms with Gasteiger partial charge in [-0.1, -0.05) is 30.3 Å². The Hall–Kier alpha value is -4.06. The number of phenols is 2. The predicted octanol–water partition coefficient (Wildman–Crippen LogP) is 3.76. The largest absolute Gasteiger partial charge is 0.508 e. The lowest BCUT2D eigenvalue weighted by Crippen LogP contribution is -2.07. The Balaban J connectivity index is 1.74. The van der Waals surface area contributed by atoms with Gasteiger partial charge in [-0.25, -0.2) is 4.68 Å². The maximum atomic E-state index is 12.6. The van der Waals surface area contributed by atoms with Gasteiger partial charge in [0.15, 0.2) is 5.78 Å². The molecule has 0 saturated heterocycles. The molecule has 1 heterocycles. The van der Waals surface area contributed by atoms with E-state index in [1.54, 1.807) is 53.3 Å². The number of aromatic hydroxyl groups is 2. The van der Waals surface area contributed by atoms with E-state index in [9.17, 15) is 15.0 Å². The lowest BCUT2D eigenvalue weighted by molar-refractivity contribution is 0.103. The van der Waals surface area contributed by atoms with Crippen molar-refractivity contribution in [2.24, 2.45) is 0 Å². The zero-order valence-electron chi connectivity index (χ0n) is 14.8. The Morgan fingerprint density at radius 3 is 2.39 bits per heavy atom. The highest BCUT2D eigenvalue weighted by Gasteiger charge is 2.16. The molecule has 0 saturated carbocycles. The number of nitrogen functional groups attached to an aromatic ring is 1. The molecular formula is C22H17N3O3. The highest BCUT2D eigenvalue weighted by molar-refractivity contribution is 6.09. The minimum absolute atomic E-state index is 0.0318. The standard InChI is InChI=1S/C22H17N3O3/c23-18-12-15(22(28)14-4-2-1-3-5-14)6-9-20(18)25-19(10-11-24-25)17-8-7-16(26)13-21(17)27/h1-13,26-27H,23H2. The first-order valence-electron chi connectivity index (χ1n) is 8.60. The molecule has 138 valence electrons. The zero-order valence-corrected chi connectivity index (χ0v) is 14.8. The summed E-state index contributed by atoms with van der Waals surface area (Å²) in [5, 5.41) is 24.0. The van der Waals surface area contributed by atoms with Gasteiger partial charge in [0.1, 0.15) is 11.5 Å². The van der Waals surface area contributed by atoms with Crippen molar-refractivity contribution in [1.82, 2.24) is 9.78 Å². The molecule has 0 atom stereocenters. The maximum Gasteiger partial charge on any atom is 0.193 e. The van der Waals surface area contributed by atoms with Gasteiger partial charge in [-0.2, -0.15) is 5.10 Å². The molecule has 3 aromatic carbocycles. The third kappa shape index (κ3) is 3.07. The summed E-state index contributed by atoms with van der Waals surface area (Å²) in [5.41, 5.74) is 9.35. The zero-order chi connectivity index (χ0) is 19.7. The average molecular weight is 371 g/mol. The van der Waals surface area contributed by atoms with Crippen molar-refractivity contribution in [2.45, 2.75) is 0 Å². The highest BCUT2D eigenvalue weighted by Crippen LogP contribution is 2.34. The topological polar surface area (TPSA) is 101 Å². The summed E-state index contributed by atoms with van der Waals surface area (Å²) in [6.45, 7) is 0. The second kappa shape index (κ2) is 6.92. The van der Waals surface area contributed by atoms with Gasteiger partial charge in [0.25, 0.3) is 0 Å². The van der Waals surface area contributed by atoms with Gasteiger partial charge in [-0.3, -0.25) is 4.79 Å². The van der Waals surface area contributed by atoms with Gasteiger partial charge in [0.2, 0.25) is 0 Å². The third-order valence-corrected chi connectivity index (χ3v) is 4.45. The van der Waals surface area contributed by atoms with Crippen LogP contribution in [-0.2, 0) is 0 Å². The molecule has 0 aliphatic heterocycles. The van der Waals surface area contributed by atoms with E-state index < -0.39 is 0 Å². The van der Waals surface area contributed by atoms with E-state index in [4.69, 9.17) is 5.73 Å². The Morgan fingerprint density at radius 1 is 0.893 bits per heavy atom. The fourth-order valence-electron chi connectivity index (χ4n) is 3.08. The van der Waals surface area contributed by atoms with Gasteiger partial charge >= 0.3 is 0 Å². The van der Waals surface area contributed by atoms with Crippen LogP contribution in [0.15, 0.2) is 79.0 Å². The number of anilines is 1. The number of hydrogen-bond donors (Lipinski definition) is 3. The molecular weight excluding hydrogens is 354 g/mol. The van der Waals surface area contributed by atoms with Crippen molar-refractivity contribution in [1.29, 1.82) is 0 Å². The van der Waals surface area contributed by atoms with Crippen molar-refractivity contribution in [2.75, 3.05) is 5.73 Å². The highest BCUT2D eigenvalue weighted by atomic mass is 16.3. The summed E-state index contributed by atoms with van der Waals surface area (Å²) < 4.78 is 1.58. The Labute approximate surface area is 161 Å². The number of nitrogens with two attached hydrogens (primary N) is 1. The normalized spacial score (nSPS) is 10.7. The Kier molecular flexibility index (Phi) is 4.29. The first-order valence-corrected chi connectivity index (χ1v) is 8.60. The number of carbonyl (C=O) groups excluding carboxylic acids is 1. The molecule has 0 aliphatic rings. The SMILES string of the molecule is Nc1cc(C(=O)c2ccccc2)ccc1-n1nccc1-c1ccc(O)cc1O. The molecule has 6 heteroatoms. The summed E-state index contributed by atoms with van der Waals surface area (Å²) in [6, 6.07) is 20.1. The van der Waals surface area contributed by atoms with E-state index in [-0.39, 0.29) is 17.3 Å². The maximum absolute atomic E-state index is 12.6. The number of rotatable bonds is 4. The van der Waals surface area contributed by atoms with Crippen LogP contribution in [0.2, 0.25) is 0 Å². The average Bonchev–Trinajstić information content (AvgIpc) is 3.17. The van der Waals surface area contributed by atoms with Crippen molar-refractivity contribution in [3.63, 3.8) is 0 Å². The molecule has 4 aromatic rings. The first kappa shape index (κ1) is 17.4. The van der Waals surface area contributed by atoms with Crippen LogP contribution in [0, 0.1) is 0 Å². The van der Waals surface area contributed by atoms with Crippen LogP contribution >= 0.6 is 0 Å². The van der Waals surface area contributed by atoms with Gasteiger partial charge in [-0.05, 0) is 36.4 Å². The first-order chi connectivity index (χ1) is 13.5. The van der Waals surface area contributed by atoms with Crippen molar-refractivity contribution in [3.8, 4) is 28.4 Å². The van der Waals surface area contributed by atoms with Crippen LogP contribution < -0.4 is 5.73 Å². The summed E-state index contributed by atoms with van der Waals surface area (Å²) in [4.78, 5) is 12.6. The quantitative estimate of drug-likeness (QED) is 0.374. The fourth-order valence-corrected chi connectivity index (χ4v) is 3.08. The van der Waals surface area contributed by atoms with Gasteiger partial charge in [0, 0.05) is 22.8 Å². The van der Waals surface area contributed by atoms with E-state index in [1.807, 2.05) is 18.2 Å². The molecule has 0 bridgehead atoms. The van der Waals surface area contributed by atoms with E-state index >= 15 is 0 Å². The molecule has 6 nitrogen and oxygen atoms in total. The summed E-state index contributed by atoms with van der Waals surface area (Å²) in [6.07, 6.45) is 1.59. The number of aromatic nitrogens is 2. The van der Waals surface area contributed by atoms with Crippen LogP contribution in [0.4, 0.5) is 5.69 Å². The summed E-state index contributed by atoms with van der Waals surface area (Å²) in [5.74, 6) is -0.220. The van der Waals surface area contributed by atoms with E-state index in [2.05, 4.69) is 5.10 Å². The molecule has 0 aliphatic carbocycles. The van der Waals surface area contributed by atoms with Crippen molar-refractivity contribution < 1.29 is 15.0 Å². The van der Waals surface area contributed by atoms with Crippen LogP contribution in [0.1, 0.15) is 15.9 Å². The number of benzene rings is 3. The van der Waals surface area contributed by atoms with Gasteiger partial charge in [0.05, 0.1) is 23.3 Å². The predicted molar refractivity (Wildman–Crippen MR) is 107 cm³/mol. The van der Waals surface area contributed by atoms with Gasteiger partial charge < -0.3 is 15.9 Å². The minimum atomic E-state index is -0.115. The molecule has 28 heavy (non-hydrogen) atoms. The summed E-state index contributed by atoms with van der Waals surface area (Å²) >= 11 is 0. The Bertz CT molecular complexity index is 1170. The van der Waals surface area contributed by atoms with Crippen molar-refractivity contribution in [3.05, 3.63) is 90.1 Å². The molecule has 0 unspecified atom stereocenters. The number of hydrogen-bond acceptors (Lipinski definition) is 5. The van der Waals surface area contributed by atoms with Gasteiger partial charge in [-0.15, -0.1) is 0 Å². The number of phenolic OH excluding ortho intramolecular Hbond substituents is 2. The van der Waals surface area contributed by atoms with E-state index in [1.165, 1.54) is 12.1 Å². The molecule has 1 aromatic heterocycles. The second-order valence-corrected chi connectivity index (χ2v) is 6.30. The van der Waals surface area contributed by atoms with Crippen LogP contribution in [0.3, 0.4) is 0 Å². The number of ketones is 1. The van der Waals surface area contributed by atoms with E-state index in [0.29, 0.717) is 33.8 Å². The third-order valence-electron chi connectivity index (χ3n) is 4.45. The van der Waals surface area contributed by atoms with Crippen LogP contribution in [0.5, 0.6) is 11.5 Å². The van der Waals surface area contributed by atoms with Crippen molar-refractivity contribution >= 4 is 11.5 Å². The molecule has 4 rings (SSSR count). The lowest BCUT2D eigenvalue weighted by Gasteiger charge is -2.12.